The van der Waals surface area contributed by atoms with Crippen LogP contribution in [0, 0.1) is 0 Å². The molecule has 7 nitrogen and oxygen atoms in total. The molecule has 0 radical (unpaired) electrons. The molecule has 0 aliphatic heterocycles. The van der Waals surface area contributed by atoms with Gasteiger partial charge in [0.1, 0.15) is 12.4 Å². The van der Waals surface area contributed by atoms with Crippen LogP contribution < -0.4 is 9.64 Å². The fraction of sp³-hybridized carbons (Fsp3) is 0.0294. The van der Waals surface area contributed by atoms with Crippen molar-refractivity contribution >= 4 is 34.2 Å². The summed E-state index contributed by atoms with van der Waals surface area (Å²) in [6.45, 7) is 0.355. The molecule has 0 aliphatic rings. The van der Waals surface area contributed by atoms with Crippen LogP contribution in [0.15, 0.2) is 133 Å². The summed E-state index contributed by atoms with van der Waals surface area (Å²) < 4.78 is 7.58. The van der Waals surface area contributed by atoms with Gasteiger partial charge in [0.05, 0.1) is 16.8 Å². The molecule has 1 amide bonds. The maximum atomic E-state index is 14.3. The molecule has 6 rings (SSSR count). The van der Waals surface area contributed by atoms with Gasteiger partial charge in [0.25, 0.3) is 5.91 Å². The zero-order chi connectivity index (χ0) is 28.2. The predicted molar refractivity (Wildman–Crippen MR) is 158 cm³/mol. The van der Waals surface area contributed by atoms with E-state index in [1.807, 2.05) is 91.0 Å². The number of ether oxygens (including phenoxy) is 1. The minimum atomic E-state index is -1.09. The van der Waals surface area contributed by atoms with E-state index in [2.05, 4.69) is 0 Å². The normalized spacial score (nSPS) is 10.8. The van der Waals surface area contributed by atoms with Crippen LogP contribution in [0.4, 0.5) is 11.4 Å². The average molecular weight is 540 g/mol. The Morgan fingerprint density at radius 2 is 1.32 bits per heavy atom. The first-order valence-corrected chi connectivity index (χ1v) is 13.1. The molecule has 1 aromatic heterocycles. The third-order valence-electron chi connectivity index (χ3n) is 6.70. The SMILES string of the molecule is O=C(O)c1ccccc1-n1nc(C(=O)N(c2ccccc2)c2ccccc2)c2ccc(OCc3ccccc3)cc21. The third-order valence-corrected chi connectivity index (χ3v) is 6.70. The molecule has 0 saturated heterocycles. The third kappa shape index (κ3) is 5.16. The molecule has 1 N–H and O–H groups in total. The minimum Gasteiger partial charge on any atom is -0.489 e. The van der Waals surface area contributed by atoms with Crippen molar-refractivity contribution in [3.8, 4) is 11.4 Å². The van der Waals surface area contributed by atoms with Crippen LogP contribution in [-0.2, 0) is 6.61 Å². The first-order chi connectivity index (χ1) is 20.1. The molecular formula is C34H25N3O4. The Hall–Kier alpha value is -5.69. The van der Waals surface area contributed by atoms with Crippen molar-refractivity contribution in [2.75, 3.05) is 4.90 Å². The Morgan fingerprint density at radius 1 is 0.732 bits per heavy atom. The number of carboxylic acid groups (broad SMARTS) is 1. The Bertz CT molecular complexity index is 1800. The van der Waals surface area contributed by atoms with Gasteiger partial charge in [-0.15, -0.1) is 0 Å². The summed E-state index contributed by atoms with van der Waals surface area (Å²) in [4.78, 5) is 28.1. The Balaban J connectivity index is 1.51. The van der Waals surface area contributed by atoms with Gasteiger partial charge < -0.3 is 9.84 Å². The summed E-state index contributed by atoms with van der Waals surface area (Å²) in [5.74, 6) is -0.877. The van der Waals surface area contributed by atoms with Crippen LogP contribution in [0.3, 0.4) is 0 Å². The van der Waals surface area contributed by atoms with Gasteiger partial charge in [0.2, 0.25) is 0 Å². The lowest BCUT2D eigenvalue weighted by atomic mass is 10.1. The van der Waals surface area contributed by atoms with Crippen LogP contribution in [0.25, 0.3) is 16.6 Å². The number of aromatic carboxylic acids is 1. The maximum absolute atomic E-state index is 14.3. The van der Waals surface area contributed by atoms with Gasteiger partial charge in [-0.25, -0.2) is 9.48 Å². The summed E-state index contributed by atoms with van der Waals surface area (Å²) in [6, 6.07) is 40.5. The van der Waals surface area contributed by atoms with E-state index in [1.54, 1.807) is 41.3 Å². The van der Waals surface area contributed by atoms with Crippen LogP contribution in [0.2, 0.25) is 0 Å². The van der Waals surface area contributed by atoms with Crippen molar-refractivity contribution in [3.05, 3.63) is 150 Å². The number of amides is 1. The molecule has 0 aliphatic carbocycles. The van der Waals surface area contributed by atoms with Gasteiger partial charge in [-0.1, -0.05) is 78.9 Å². The van der Waals surface area contributed by atoms with Crippen LogP contribution in [0.5, 0.6) is 5.75 Å². The quantitative estimate of drug-likeness (QED) is 0.220. The number of anilines is 2. The van der Waals surface area contributed by atoms with Gasteiger partial charge in [0, 0.05) is 22.8 Å². The van der Waals surface area contributed by atoms with Crippen LogP contribution in [0.1, 0.15) is 26.4 Å². The van der Waals surface area contributed by atoms with Gasteiger partial charge in [-0.05, 0) is 54.1 Å². The first-order valence-electron chi connectivity index (χ1n) is 13.1. The topological polar surface area (TPSA) is 84.7 Å². The molecule has 200 valence electrons. The second-order valence-corrected chi connectivity index (χ2v) is 9.35. The number of carboxylic acids is 1. The van der Waals surface area contributed by atoms with Crippen molar-refractivity contribution in [1.29, 1.82) is 0 Å². The molecule has 0 atom stereocenters. The highest BCUT2D eigenvalue weighted by molar-refractivity contribution is 6.16. The van der Waals surface area contributed by atoms with E-state index in [4.69, 9.17) is 9.84 Å². The molecule has 7 heteroatoms. The Labute approximate surface area is 236 Å². The molecular weight excluding hydrogens is 514 g/mol. The molecule has 6 aromatic rings. The Morgan fingerprint density at radius 3 is 1.95 bits per heavy atom. The molecule has 0 fully saturated rings. The van der Waals surface area contributed by atoms with Gasteiger partial charge in [-0.2, -0.15) is 5.10 Å². The lowest BCUT2D eigenvalue weighted by Crippen LogP contribution is -2.26. The molecule has 0 bridgehead atoms. The highest BCUT2D eigenvalue weighted by atomic mass is 16.5. The van der Waals surface area contributed by atoms with Crippen molar-refractivity contribution in [2.24, 2.45) is 0 Å². The summed E-state index contributed by atoms with van der Waals surface area (Å²) in [5.41, 5.74) is 3.51. The largest absolute Gasteiger partial charge is 0.489 e. The number of fused-ring (bicyclic) bond motifs is 1. The second-order valence-electron chi connectivity index (χ2n) is 9.35. The molecule has 5 aromatic carbocycles. The highest BCUT2D eigenvalue weighted by Crippen LogP contribution is 2.32. The lowest BCUT2D eigenvalue weighted by Gasteiger charge is -2.22. The zero-order valence-electron chi connectivity index (χ0n) is 21.9. The van der Waals surface area contributed by atoms with Crippen molar-refractivity contribution in [2.45, 2.75) is 6.61 Å². The van der Waals surface area contributed by atoms with Crippen LogP contribution in [-0.4, -0.2) is 26.8 Å². The molecule has 0 saturated carbocycles. The highest BCUT2D eigenvalue weighted by Gasteiger charge is 2.27. The summed E-state index contributed by atoms with van der Waals surface area (Å²) >= 11 is 0. The predicted octanol–water partition coefficient (Wildman–Crippen LogP) is 7.28. The molecule has 0 unspecified atom stereocenters. The monoisotopic (exact) mass is 539 g/mol. The number of para-hydroxylation sites is 3. The standard InChI is InChI=1S/C34H25N3O4/c38-33(36(25-14-6-2-7-15-25)26-16-8-3-9-17-26)32-28-21-20-27(41-23-24-12-4-1-5-13-24)22-31(28)37(35-32)30-19-11-10-18-29(30)34(39)40/h1-22H,23H2,(H,39,40). The molecule has 1 heterocycles. The van der Waals surface area contributed by atoms with E-state index < -0.39 is 5.97 Å². The number of rotatable bonds is 8. The number of carbonyl (C=O) groups is 2. The average Bonchev–Trinajstić information content (AvgIpc) is 3.40. The van der Waals surface area contributed by atoms with Gasteiger partial charge in [-0.3, -0.25) is 9.69 Å². The van der Waals surface area contributed by atoms with E-state index in [1.165, 1.54) is 10.7 Å². The Kier molecular flexibility index (Phi) is 6.99. The van der Waals surface area contributed by atoms with Crippen molar-refractivity contribution < 1.29 is 19.4 Å². The number of benzene rings is 5. The maximum Gasteiger partial charge on any atom is 0.337 e. The summed E-state index contributed by atoms with van der Waals surface area (Å²) in [5, 5.41) is 15.2. The van der Waals surface area contributed by atoms with Crippen molar-refractivity contribution in [3.63, 3.8) is 0 Å². The van der Waals surface area contributed by atoms with E-state index in [0.717, 1.165) is 5.56 Å². The van der Waals surface area contributed by atoms with Gasteiger partial charge in [0.15, 0.2) is 5.69 Å². The van der Waals surface area contributed by atoms with E-state index in [9.17, 15) is 14.7 Å². The number of nitrogens with zero attached hydrogens (tertiary/aromatic N) is 3. The summed E-state index contributed by atoms with van der Waals surface area (Å²) in [6.07, 6.45) is 0. The van der Waals surface area contributed by atoms with Gasteiger partial charge >= 0.3 is 5.97 Å². The van der Waals surface area contributed by atoms with E-state index in [-0.39, 0.29) is 17.2 Å². The number of carbonyl (C=O) groups excluding carboxylic acids is 1. The molecule has 0 spiro atoms. The lowest BCUT2D eigenvalue weighted by molar-refractivity contribution is 0.0696. The smallest absolute Gasteiger partial charge is 0.337 e. The number of hydrogen-bond acceptors (Lipinski definition) is 4. The van der Waals surface area contributed by atoms with Crippen molar-refractivity contribution in [1.82, 2.24) is 9.78 Å². The second kappa shape index (κ2) is 11.2. The van der Waals surface area contributed by atoms with E-state index >= 15 is 0 Å². The zero-order valence-corrected chi connectivity index (χ0v) is 21.9. The van der Waals surface area contributed by atoms with E-state index in [0.29, 0.717) is 40.3 Å². The fourth-order valence-corrected chi connectivity index (χ4v) is 4.75. The first kappa shape index (κ1) is 25.6. The fourth-order valence-electron chi connectivity index (χ4n) is 4.75. The number of hydrogen-bond donors (Lipinski definition) is 1. The van der Waals surface area contributed by atoms with Crippen LogP contribution >= 0.6 is 0 Å². The molecule has 41 heavy (non-hydrogen) atoms. The minimum absolute atomic E-state index is 0.0643. The number of aromatic nitrogens is 2. The summed E-state index contributed by atoms with van der Waals surface area (Å²) in [7, 11) is 0.